The predicted molar refractivity (Wildman–Crippen MR) is 78.4 cm³/mol. The first-order chi connectivity index (χ1) is 7.35. The first-order valence-corrected chi connectivity index (χ1v) is 7.85. The third kappa shape index (κ3) is 10.8. The van der Waals surface area contributed by atoms with E-state index in [-0.39, 0.29) is 0 Å². The molecule has 0 N–H and O–H groups in total. The van der Waals surface area contributed by atoms with E-state index in [0.717, 1.165) is 5.25 Å². The molecule has 0 aromatic carbocycles. The van der Waals surface area contributed by atoms with E-state index in [4.69, 9.17) is 0 Å². The molecule has 98 valence electrons. The van der Waals surface area contributed by atoms with Crippen LogP contribution in [-0.4, -0.2) is 36.5 Å². The number of hydrogen-bond acceptors (Lipinski definition) is 2. The lowest BCUT2D eigenvalue weighted by Gasteiger charge is -2.21. The summed E-state index contributed by atoms with van der Waals surface area (Å²) in [7, 11) is 2.26. The Morgan fingerprint density at radius 2 is 1.69 bits per heavy atom. The summed E-state index contributed by atoms with van der Waals surface area (Å²) >= 11 is 1.98. The topological polar surface area (TPSA) is 3.24 Å². The minimum absolute atomic E-state index is 0.494. The van der Waals surface area contributed by atoms with Crippen molar-refractivity contribution in [2.45, 2.75) is 58.6 Å². The number of nitrogens with zero attached hydrogens (tertiary/aromatic N) is 1. The van der Waals surface area contributed by atoms with Crippen LogP contribution in [0, 0.1) is 5.41 Å². The second kappa shape index (κ2) is 8.41. The highest BCUT2D eigenvalue weighted by Crippen LogP contribution is 2.20. The molecular weight excluding hydrogens is 214 g/mol. The van der Waals surface area contributed by atoms with E-state index >= 15 is 0 Å². The van der Waals surface area contributed by atoms with Crippen molar-refractivity contribution in [1.82, 2.24) is 4.90 Å². The molecule has 16 heavy (non-hydrogen) atoms. The summed E-state index contributed by atoms with van der Waals surface area (Å²) in [5.41, 5.74) is 0.494. The van der Waals surface area contributed by atoms with Crippen molar-refractivity contribution in [2.24, 2.45) is 5.41 Å². The van der Waals surface area contributed by atoms with E-state index in [1.165, 1.54) is 38.8 Å². The highest BCUT2D eigenvalue weighted by molar-refractivity contribution is 7.99. The Morgan fingerprint density at radius 1 is 1.12 bits per heavy atom. The first kappa shape index (κ1) is 16.3. The van der Waals surface area contributed by atoms with Gasteiger partial charge in [-0.2, -0.15) is 11.8 Å². The molecule has 0 aliphatic carbocycles. The van der Waals surface area contributed by atoms with Gasteiger partial charge in [0, 0.05) is 5.25 Å². The average molecular weight is 245 g/mol. The van der Waals surface area contributed by atoms with Gasteiger partial charge in [-0.05, 0) is 57.5 Å². The van der Waals surface area contributed by atoms with E-state index in [1.807, 2.05) is 11.8 Å². The van der Waals surface area contributed by atoms with Crippen molar-refractivity contribution >= 4 is 11.8 Å². The third-order valence-corrected chi connectivity index (χ3v) is 4.06. The molecule has 0 bridgehead atoms. The summed E-state index contributed by atoms with van der Waals surface area (Å²) in [6, 6.07) is 0. The molecule has 2 heteroatoms. The molecule has 0 amide bonds. The van der Waals surface area contributed by atoms with Gasteiger partial charge in [0.2, 0.25) is 0 Å². The monoisotopic (exact) mass is 245 g/mol. The zero-order chi connectivity index (χ0) is 12.6. The van der Waals surface area contributed by atoms with Gasteiger partial charge in [0.1, 0.15) is 0 Å². The Bertz CT molecular complexity index is 163. The van der Waals surface area contributed by atoms with Crippen molar-refractivity contribution in [2.75, 3.05) is 26.4 Å². The Kier molecular flexibility index (Phi) is 8.57. The van der Waals surface area contributed by atoms with Crippen LogP contribution in [0.5, 0.6) is 0 Å². The molecule has 0 saturated carbocycles. The maximum absolute atomic E-state index is 2.48. The van der Waals surface area contributed by atoms with Gasteiger partial charge in [-0.1, -0.05) is 27.7 Å². The van der Waals surface area contributed by atoms with E-state index in [9.17, 15) is 0 Å². The molecule has 0 aromatic heterocycles. The van der Waals surface area contributed by atoms with Gasteiger partial charge in [-0.25, -0.2) is 0 Å². The van der Waals surface area contributed by atoms with Crippen LogP contribution in [-0.2, 0) is 0 Å². The van der Waals surface area contributed by atoms with Crippen LogP contribution in [0.1, 0.15) is 53.4 Å². The molecule has 0 saturated heterocycles. The fourth-order valence-electron chi connectivity index (χ4n) is 1.76. The lowest BCUT2D eigenvalue weighted by molar-refractivity contribution is 0.283. The van der Waals surface area contributed by atoms with Crippen LogP contribution in [0.2, 0.25) is 0 Å². The molecule has 0 heterocycles. The molecule has 0 aromatic rings. The summed E-state index contributed by atoms with van der Waals surface area (Å²) in [4.78, 5) is 2.48. The largest absolute Gasteiger partial charge is 0.306 e. The second-order valence-corrected chi connectivity index (χ2v) is 7.43. The van der Waals surface area contributed by atoms with Crippen molar-refractivity contribution in [3.8, 4) is 0 Å². The molecule has 1 nitrogen and oxygen atoms in total. The zero-order valence-corrected chi connectivity index (χ0v) is 13.0. The quantitative estimate of drug-likeness (QED) is 0.628. The van der Waals surface area contributed by atoms with Crippen LogP contribution in [0.25, 0.3) is 0 Å². The molecule has 0 aliphatic rings. The van der Waals surface area contributed by atoms with Crippen LogP contribution < -0.4 is 0 Å². The zero-order valence-electron chi connectivity index (χ0n) is 12.2. The van der Waals surface area contributed by atoms with Crippen molar-refractivity contribution in [3.63, 3.8) is 0 Å². The summed E-state index contributed by atoms with van der Waals surface area (Å²) in [6.07, 6.45) is 7.56. The summed E-state index contributed by atoms with van der Waals surface area (Å²) in [6.45, 7) is 11.8. The van der Waals surface area contributed by atoms with Gasteiger partial charge in [-0.3, -0.25) is 0 Å². The lowest BCUT2D eigenvalue weighted by Crippen LogP contribution is -2.22. The van der Waals surface area contributed by atoms with E-state index in [2.05, 4.69) is 45.9 Å². The highest BCUT2D eigenvalue weighted by Gasteiger charge is 2.10. The van der Waals surface area contributed by atoms with Crippen molar-refractivity contribution < 1.29 is 0 Å². The fraction of sp³-hybridized carbons (Fsp3) is 1.00. The van der Waals surface area contributed by atoms with Gasteiger partial charge >= 0.3 is 0 Å². The molecule has 0 radical (unpaired) electrons. The summed E-state index contributed by atoms with van der Waals surface area (Å²) in [5, 5.41) is 0.822. The Labute approximate surface area is 107 Å². The molecule has 0 spiro atoms. The Balaban J connectivity index is 3.41. The molecule has 0 rings (SSSR count). The van der Waals surface area contributed by atoms with Gasteiger partial charge in [0.15, 0.2) is 0 Å². The van der Waals surface area contributed by atoms with E-state index in [1.54, 1.807) is 0 Å². The standard InChI is InChI=1S/C14H31NS/c1-13(16-6)9-7-11-15(5)12-8-10-14(2,3)4/h13H,7-12H2,1-6H3. The predicted octanol–water partition coefficient (Wildman–Crippen LogP) is 4.28. The normalized spacial score (nSPS) is 14.4. The van der Waals surface area contributed by atoms with Crippen molar-refractivity contribution in [1.29, 1.82) is 0 Å². The minimum atomic E-state index is 0.494. The molecular formula is C14H31NS. The van der Waals surface area contributed by atoms with Gasteiger partial charge < -0.3 is 4.90 Å². The lowest BCUT2D eigenvalue weighted by atomic mass is 9.90. The van der Waals surface area contributed by atoms with E-state index < -0.39 is 0 Å². The maximum Gasteiger partial charge on any atom is 0.00164 e. The third-order valence-electron chi connectivity index (χ3n) is 3.02. The number of hydrogen-bond donors (Lipinski definition) is 0. The summed E-state index contributed by atoms with van der Waals surface area (Å²) < 4.78 is 0. The van der Waals surface area contributed by atoms with Crippen LogP contribution in [0.3, 0.4) is 0 Å². The number of rotatable bonds is 8. The molecule has 1 unspecified atom stereocenters. The van der Waals surface area contributed by atoms with Crippen LogP contribution >= 0.6 is 11.8 Å². The van der Waals surface area contributed by atoms with Gasteiger partial charge in [-0.15, -0.1) is 0 Å². The second-order valence-electron chi connectivity index (χ2n) is 6.16. The van der Waals surface area contributed by atoms with Crippen molar-refractivity contribution in [3.05, 3.63) is 0 Å². The highest BCUT2D eigenvalue weighted by atomic mass is 32.2. The SMILES string of the molecule is CSC(C)CCCN(C)CCCC(C)(C)C. The molecule has 1 atom stereocenters. The first-order valence-electron chi connectivity index (χ1n) is 6.56. The fourth-order valence-corrected chi connectivity index (χ4v) is 2.16. The average Bonchev–Trinajstić information content (AvgIpc) is 2.15. The van der Waals surface area contributed by atoms with E-state index in [0.29, 0.717) is 5.41 Å². The smallest absolute Gasteiger partial charge is 0.00164 e. The maximum atomic E-state index is 2.48. The van der Waals surface area contributed by atoms with Gasteiger partial charge in [0.25, 0.3) is 0 Å². The molecule has 0 aliphatic heterocycles. The van der Waals surface area contributed by atoms with Crippen LogP contribution in [0.15, 0.2) is 0 Å². The van der Waals surface area contributed by atoms with Crippen LogP contribution in [0.4, 0.5) is 0 Å². The Hall–Kier alpha value is 0.310. The van der Waals surface area contributed by atoms with Gasteiger partial charge in [0.05, 0.1) is 0 Å². The minimum Gasteiger partial charge on any atom is -0.306 e. The summed E-state index contributed by atoms with van der Waals surface area (Å²) in [5.74, 6) is 0. The molecule has 0 fully saturated rings. The number of thioether (sulfide) groups is 1. The Morgan fingerprint density at radius 3 is 2.19 bits per heavy atom.